The van der Waals surface area contributed by atoms with Crippen LogP contribution in [0.3, 0.4) is 0 Å². The highest BCUT2D eigenvalue weighted by atomic mass is 32.1. The third-order valence-corrected chi connectivity index (χ3v) is 3.88. The molecule has 0 aliphatic rings. The maximum Gasteiger partial charge on any atom is 0.258 e. The van der Waals surface area contributed by atoms with E-state index < -0.39 is 0 Å². The number of benzene rings is 1. The molecule has 4 heteroatoms. The largest absolute Gasteiger partial charge is 0.384 e. The normalized spacial score (nSPS) is 9.90. The Labute approximate surface area is 128 Å². The van der Waals surface area contributed by atoms with Crippen LogP contribution in [0.5, 0.6) is 0 Å². The van der Waals surface area contributed by atoms with Crippen LogP contribution in [0.1, 0.15) is 26.4 Å². The lowest BCUT2D eigenvalue weighted by Gasteiger charge is -2.18. The minimum absolute atomic E-state index is 0.0618. The second-order valence-corrected chi connectivity index (χ2v) is 5.78. The molecule has 2 aromatic rings. The summed E-state index contributed by atoms with van der Waals surface area (Å²) in [6.07, 6.45) is 0. The Morgan fingerprint density at radius 1 is 1.24 bits per heavy atom. The van der Waals surface area contributed by atoms with E-state index in [-0.39, 0.29) is 12.5 Å². The summed E-state index contributed by atoms with van der Waals surface area (Å²) in [6, 6.07) is 7.82. The van der Waals surface area contributed by atoms with Crippen LogP contribution in [-0.2, 0) is 0 Å². The van der Waals surface area contributed by atoms with E-state index in [1.54, 1.807) is 23.4 Å². The van der Waals surface area contributed by atoms with Crippen molar-refractivity contribution in [2.24, 2.45) is 0 Å². The average molecular weight is 299 g/mol. The molecule has 1 heterocycles. The zero-order chi connectivity index (χ0) is 15.4. The molecule has 0 aliphatic heterocycles. The zero-order valence-corrected chi connectivity index (χ0v) is 13.1. The number of rotatable bonds is 2. The molecule has 0 atom stereocenters. The van der Waals surface area contributed by atoms with E-state index in [2.05, 4.69) is 17.9 Å². The SMILES string of the molecule is Cc1cc(C)cc(N(C)C(=O)c2csc(C#CCO)c2)c1. The quantitative estimate of drug-likeness (QED) is 0.866. The van der Waals surface area contributed by atoms with E-state index in [9.17, 15) is 4.79 Å². The molecule has 0 aliphatic carbocycles. The molecule has 21 heavy (non-hydrogen) atoms. The number of hydrogen-bond donors (Lipinski definition) is 1. The van der Waals surface area contributed by atoms with Gasteiger partial charge in [-0.2, -0.15) is 0 Å². The maximum absolute atomic E-state index is 12.5. The van der Waals surface area contributed by atoms with Gasteiger partial charge in [0.2, 0.25) is 0 Å². The van der Waals surface area contributed by atoms with Crippen LogP contribution in [0, 0.1) is 25.7 Å². The molecule has 0 radical (unpaired) electrons. The van der Waals surface area contributed by atoms with E-state index in [0.717, 1.165) is 21.7 Å². The topological polar surface area (TPSA) is 40.5 Å². The molecule has 3 nitrogen and oxygen atoms in total. The van der Waals surface area contributed by atoms with Gasteiger partial charge in [-0.1, -0.05) is 17.9 Å². The summed E-state index contributed by atoms with van der Waals surface area (Å²) >= 11 is 1.40. The van der Waals surface area contributed by atoms with E-state index in [4.69, 9.17) is 5.11 Å². The Morgan fingerprint density at radius 3 is 2.52 bits per heavy atom. The van der Waals surface area contributed by atoms with Crippen molar-refractivity contribution in [3.05, 3.63) is 51.2 Å². The van der Waals surface area contributed by atoms with Crippen molar-refractivity contribution in [2.45, 2.75) is 13.8 Å². The predicted octanol–water partition coefficient (Wildman–Crippen LogP) is 2.99. The Balaban J connectivity index is 2.24. The number of hydrogen-bond acceptors (Lipinski definition) is 3. The van der Waals surface area contributed by atoms with Crippen molar-refractivity contribution in [2.75, 3.05) is 18.6 Å². The molecule has 0 saturated heterocycles. The number of carbonyl (C=O) groups excluding carboxylic acids is 1. The van der Waals surface area contributed by atoms with Crippen LogP contribution in [0.4, 0.5) is 5.69 Å². The van der Waals surface area contributed by atoms with Crippen LogP contribution in [-0.4, -0.2) is 24.7 Å². The highest BCUT2D eigenvalue weighted by Crippen LogP contribution is 2.21. The first-order chi connectivity index (χ1) is 10.0. The Hall–Kier alpha value is -2.09. The second kappa shape index (κ2) is 6.57. The van der Waals surface area contributed by atoms with Crippen molar-refractivity contribution in [1.29, 1.82) is 0 Å². The third kappa shape index (κ3) is 3.72. The van der Waals surface area contributed by atoms with Gasteiger partial charge < -0.3 is 10.0 Å². The summed E-state index contributed by atoms with van der Waals surface area (Å²) in [4.78, 5) is 14.9. The number of aliphatic hydroxyl groups is 1. The molecule has 0 saturated carbocycles. The van der Waals surface area contributed by atoms with E-state index in [0.29, 0.717) is 5.56 Å². The molecule has 2 rings (SSSR count). The standard InChI is InChI=1S/C17H17NO2S/c1-12-7-13(2)9-15(8-12)18(3)17(20)14-10-16(21-11-14)5-4-6-19/h7-11,19H,6H2,1-3H3. The first kappa shape index (κ1) is 15.3. The van der Waals surface area contributed by atoms with Crippen molar-refractivity contribution >= 4 is 22.9 Å². The minimum atomic E-state index is -0.177. The van der Waals surface area contributed by atoms with Gasteiger partial charge in [0.05, 0.1) is 10.4 Å². The monoisotopic (exact) mass is 299 g/mol. The number of thiophene rings is 1. The van der Waals surface area contributed by atoms with Gasteiger partial charge >= 0.3 is 0 Å². The molecule has 1 N–H and O–H groups in total. The van der Waals surface area contributed by atoms with Gasteiger partial charge in [-0.05, 0) is 43.2 Å². The molecule has 1 aromatic carbocycles. The number of aryl methyl sites for hydroxylation is 2. The lowest BCUT2D eigenvalue weighted by molar-refractivity contribution is 0.0993. The number of amides is 1. The third-order valence-electron chi connectivity index (χ3n) is 3.04. The smallest absolute Gasteiger partial charge is 0.258 e. The van der Waals surface area contributed by atoms with Gasteiger partial charge in [0, 0.05) is 18.1 Å². The van der Waals surface area contributed by atoms with Crippen LogP contribution >= 0.6 is 11.3 Å². The highest BCUT2D eigenvalue weighted by Gasteiger charge is 2.15. The predicted molar refractivity (Wildman–Crippen MR) is 86.9 cm³/mol. The fourth-order valence-corrected chi connectivity index (χ4v) is 2.84. The molecule has 0 spiro atoms. The van der Waals surface area contributed by atoms with Crippen LogP contribution in [0.15, 0.2) is 29.6 Å². The first-order valence-corrected chi connectivity index (χ1v) is 7.44. The maximum atomic E-state index is 12.5. The molecule has 1 amide bonds. The van der Waals surface area contributed by atoms with Crippen LogP contribution < -0.4 is 4.90 Å². The minimum Gasteiger partial charge on any atom is -0.384 e. The number of aliphatic hydroxyl groups excluding tert-OH is 1. The number of nitrogens with zero attached hydrogens (tertiary/aromatic N) is 1. The Morgan fingerprint density at radius 2 is 1.90 bits per heavy atom. The van der Waals surface area contributed by atoms with Crippen molar-refractivity contribution < 1.29 is 9.90 Å². The van der Waals surface area contributed by atoms with Gasteiger partial charge in [0.15, 0.2) is 0 Å². The molecular weight excluding hydrogens is 282 g/mol. The van der Waals surface area contributed by atoms with Crippen molar-refractivity contribution in [3.8, 4) is 11.8 Å². The molecule has 108 valence electrons. The summed E-state index contributed by atoms with van der Waals surface area (Å²) in [6.45, 7) is 3.85. The van der Waals surface area contributed by atoms with Gasteiger partial charge in [0.25, 0.3) is 5.91 Å². The Kier molecular flexibility index (Phi) is 4.79. The lowest BCUT2D eigenvalue weighted by Crippen LogP contribution is -2.25. The molecular formula is C17H17NO2S. The zero-order valence-electron chi connectivity index (χ0n) is 12.3. The summed E-state index contributed by atoms with van der Waals surface area (Å²) in [5, 5.41) is 10.5. The second-order valence-electron chi connectivity index (χ2n) is 4.87. The summed E-state index contributed by atoms with van der Waals surface area (Å²) < 4.78 is 0. The summed E-state index contributed by atoms with van der Waals surface area (Å²) in [7, 11) is 1.77. The Bertz CT molecular complexity index is 702. The van der Waals surface area contributed by atoms with Gasteiger partial charge in [-0.15, -0.1) is 11.3 Å². The lowest BCUT2D eigenvalue weighted by atomic mass is 10.1. The molecule has 1 aromatic heterocycles. The highest BCUT2D eigenvalue weighted by molar-refractivity contribution is 7.10. The molecule has 0 unspecified atom stereocenters. The van der Waals surface area contributed by atoms with Crippen molar-refractivity contribution in [3.63, 3.8) is 0 Å². The number of anilines is 1. The first-order valence-electron chi connectivity index (χ1n) is 6.56. The van der Waals surface area contributed by atoms with Gasteiger partial charge in [0.1, 0.15) is 6.61 Å². The number of carbonyl (C=O) groups is 1. The van der Waals surface area contributed by atoms with Gasteiger partial charge in [-0.25, -0.2) is 0 Å². The van der Waals surface area contributed by atoms with E-state index in [1.165, 1.54) is 11.3 Å². The summed E-state index contributed by atoms with van der Waals surface area (Å²) in [5.41, 5.74) is 3.75. The van der Waals surface area contributed by atoms with Crippen molar-refractivity contribution in [1.82, 2.24) is 0 Å². The van der Waals surface area contributed by atoms with Gasteiger partial charge in [-0.3, -0.25) is 4.79 Å². The average Bonchev–Trinajstić information content (AvgIpc) is 2.91. The van der Waals surface area contributed by atoms with E-state index >= 15 is 0 Å². The van der Waals surface area contributed by atoms with Crippen LogP contribution in [0.25, 0.3) is 0 Å². The fraction of sp³-hybridized carbons (Fsp3) is 0.235. The van der Waals surface area contributed by atoms with Crippen LogP contribution in [0.2, 0.25) is 0 Å². The molecule has 0 bridgehead atoms. The molecule has 0 fully saturated rings. The summed E-state index contributed by atoms with van der Waals surface area (Å²) in [5.74, 6) is 5.34. The van der Waals surface area contributed by atoms with E-state index in [1.807, 2.05) is 26.0 Å². The fourth-order valence-electron chi connectivity index (χ4n) is 2.10.